The molecule has 11 nitrogen and oxygen atoms in total. The zero-order valence-corrected chi connectivity index (χ0v) is 16.4. The van der Waals surface area contributed by atoms with Crippen molar-refractivity contribution in [1.29, 1.82) is 0 Å². The topological polar surface area (TPSA) is 164 Å². The zero-order valence-electron chi connectivity index (χ0n) is 16.4. The number of aromatic nitrogens is 2. The number of anilines is 2. The number of hydrogen-bond donors (Lipinski definition) is 4. The van der Waals surface area contributed by atoms with Crippen molar-refractivity contribution in [3.8, 4) is 0 Å². The van der Waals surface area contributed by atoms with Crippen molar-refractivity contribution in [2.75, 3.05) is 5.32 Å². The highest BCUT2D eigenvalue weighted by molar-refractivity contribution is 6.58. The maximum absolute atomic E-state index is 12.4. The molecule has 4 N–H and O–H groups in total. The highest BCUT2D eigenvalue weighted by Gasteiger charge is 2.19. The quantitative estimate of drug-likeness (QED) is 0.192. The molecule has 0 aliphatic rings. The van der Waals surface area contributed by atoms with Crippen molar-refractivity contribution < 1.29 is 24.4 Å². The largest absolute Gasteiger partial charge is 0.488 e. The lowest BCUT2D eigenvalue weighted by Crippen LogP contribution is -2.29. The molecule has 0 bridgehead atoms. The van der Waals surface area contributed by atoms with Crippen LogP contribution < -0.4 is 16.1 Å². The fourth-order valence-electron chi connectivity index (χ4n) is 3.05. The van der Waals surface area contributed by atoms with E-state index in [-0.39, 0.29) is 29.2 Å². The standard InChI is InChI=1S/C20H16BN5O6/c27-20(22-11-12-1-5-14(6-2-12)21(28)29)13-3-7-15(8-4-13)23-16-9-10-17(26(30)31)19-18(16)24-32-25-19/h1-10,23,28-29H,11H2,(H,22,27). The molecule has 0 atom stereocenters. The van der Waals surface area contributed by atoms with E-state index >= 15 is 0 Å². The number of hydrogen-bond acceptors (Lipinski definition) is 9. The van der Waals surface area contributed by atoms with Crippen molar-refractivity contribution in [2.45, 2.75) is 6.54 Å². The second kappa shape index (κ2) is 8.84. The third kappa shape index (κ3) is 4.40. The maximum Gasteiger partial charge on any atom is 0.488 e. The molecular weight excluding hydrogens is 417 g/mol. The third-order valence-corrected chi connectivity index (χ3v) is 4.75. The van der Waals surface area contributed by atoms with Gasteiger partial charge in [0, 0.05) is 23.9 Å². The second-order valence-corrected chi connectivity index (χ2v) is 6.85. The zero-order chi connectivity index (χ0) is 22.7. The fraction of sp³-hybridized carbons (Fsp3) is 0.0500. The Labute approximate surface area is 180 Å². The van der Waals surface area contributed by atoms with Gasteiger partial charge in [-0.25, -0.2) is 4.63 Å². The van der Waals surface area contributed by atoms with Gasteiger partial charge in [-0.1, -0.05) is 24.3 Å². The van der Waals surface area contributed by atoms with Gasteiger partial charge in [-0.05, 0) is 51.7 Å². The molecule has 12 heteroatoms. The molecule has 1 amide bonds. The van der Waals surface area contributed by atoms with Crippen LogP contribution in [0.2, 0.25) is 0 Å². The fourth-order valence-corrected chi connectivity index (χ4v) is 3.05. The molecule has 0 radical (unpaired) electrons. The summed E-state index contributed by atoms with van der Waals surface area (Å²) in [4.78, 5) is 22.9. The Bertz CT molecular complexity index is 1270. The van der Waals surface area contributed by atoms with Crippen LogP contribution in [0.25, 0.3) is 11.0 Å². The minimum Gasteiger partial charge on any atom is -0.423 e. The molecule has 4 aromatic rings. The number of carbonyl (C=O) groups is 1. The Morgan fingerprint density at radius 2 is 1.69 bits per heavy atom. The lowest BCUT2D eigenvalue weighted by atomic mass is 9.80. The first kappa shape index (κ1) is 21.0. The summed E-state index contributed by atoms with van der Waals surface area (Å²) in [7, 11) is -1.53. The molecule has 0 unspecified atom stereocenters. The van der Waals surface area contributed by atoms with Crippen LogP contribution in [0.4, 0.5) is 17.1 Å². The Kier molecular flexibility index (Phi) is 5.79. The number of benzene rings is 3. The van der Waals surface area contributed by atoms with E-state index in [4.69, 9.17) is 10.0 Å². The maximum atomic E-state index is 12.4. The number of nitro groups is 1. The molecule has 32 heavy (non-hydrogen) atoms. The number of carbonyl (C=O) groups excluding carboxylic acids is 1. The van der Waals surface area contributed by atoms with Crippen molar-refractivity contribution >= 4 is 46.6 Å². The predicted octanol–water partition coefficient (Wildman–Crippen LogP) is 1.48. The Hall–Kier alpha value is -4.29. The smallest absolute Gasteiger partial charge is 0.423 e. The number of rotatable bonds is 7. The predicted molar refractivity (Wildman–Crippen MR) is 116 cm³/mol. The molecular formula is C20H16BN5O6. The summed E-state index contributed by atoms with van der Waals surface area (Å²) in [6.07, 6.45) is 0. The lowest BCUT2D eigenvalue weighted by molar-refractivity contribution is -0.383. The lowest BCUT2D eigenvalue weighted by Gasteiger charge is -2.09. The molecule has 4 rings (SSSR count). The van der Waals surface area contributed by atoms with Crippen LogP contribution in [0.3, 0.4) is 0 Å². The van der Waals surface area contributed by atoms with Crippen molar-refractivity contribution in [3.63, 3.8) is 0 Å². The van der Waals surface area contributed by atoms with Crippen LogP contribution in [0, 0.1) is 10.1 Å². The van der Waals surface area contributed by atoms with Gasteiger partial charge >= 0.3 is 12.8 Å². The average molecular weight is 433 g/mol. The van der Waals surface area contributed by atoms with Gasteiger partial charge in [0.25, 0.3) is 5.91 Å². The number of nitrogens with one attached hydrogen (secondary N) is 2. The summed E-state index contributed by atoms with van der Waals surface area (Å²) in [6.45, 7) is 0.278. The summed E-state index contributed by atoms with van der Waals surface area (Å²) in [5.74, 6) is -0.277. The van der Waals surface area contributed by atoms with Crippen molar-refractivity contribution in [1.82, 2.24) is 15.6 Å². The summed E-state index contributed by atoms with van der Waals surface area (Å²) in [6, 6.07) is 16.0. The first-order valence-corrected chi connectivity index (χ1v) is 9.42. The van der Waals surface area contributed by atoms with Crippen LogP contribution in [-0.2, 0) is 6.54 Å². The molecule has 1 aromatic heterocycles. The SMILES string of the molecule is O=C(NCc1ccc(B(O)O)cc1)c1ccc(Nc2ccc([N+](=O)[O-])c3nonc23)cc1. The van der Waals surface area contributed by atoms with E-state index in [2.05, 4.69) is 25.6 Å². The minimum absolute atomic E-state index is 0.0394. The molecule has 1 heterocycles. The van der Waals surface area contributed by atoms with Crippen molar-refractivity contribution in [2.24, 2.45) is 0 Å². The number of nitro benzene ring substituents is 1. The van der Waals surface area contributed by atoms with E-state index in [1.165, 1.54) is 12.1 Å². The first-order valence-electron chi connectivity index (χ1n) is 9.42. The van der Waals surface area contributed by atoms with Crippen LogP contribution in [0.1, 0.15) is 15.9 Å². The molecule has 0 saturated carbocycles. The average Bonchev–Trinajstić information content (AvgIpc) is 3.28. The van der Waals surface area contributed by atoms with Crippen LogP contribution in [0.15, 0.2) is 65.3 Å². The van der Waals surface area contributed by atoms with E-state index < -0.39 is 12.0 Å². The van der Waals surface area contributed by atoms with Crippen LogP contribution in [-0.4, -0.2) is 38.3 Å². The number of amides is 1. The van der Waals surface area contributed by atoms with Gasteiger partial charge in [0.15, 0.2) is 5.52 Å². The highest BCUT2D eigenvalue weighted by atomic mass is 16.6. The summed E-state index contributed by atoms with van der Waals surface area (Å²) < 4.78 is 4.64. The van der Waals surface area contributed by atoms with Crippen LogP contribution in [0.5, 0.6) is 0 Å². The molecule has 160 valence electrons. The summed E-state index contributed by atoms with van der Waals surface area (Å²) in [5.41, 5.74) is 2.78. The molecule has 3 aromatic carbocycles. The van der Waals surface area contributed by atoms with Gasteiger partial charge in [0.05, 0.1) is 10.6 Å². The molecule has 0 spiro atoms. The van der Waals surface area contributed by atoms with E-state index in [0.29, 0.717) is 22.4 Å². The number of fused-ring (bicyclic) bond motifs is 1. The van der Waals surface area contributed by atoms with E-state index in [1.807, 2.05) is 0 Å². The third-order valence-electron chi connectivity index (χ3n) is 4.75. The van der Waals surface area contributed by atoms with Gasteiger partial charge in [-0.3, -0.25) is 14.9 Å². The molecule has 0 saturated heterocycles. The second-order valence-electron chi connectivity index (χ2n) is 6.85. The van der Waals surface area contributed by atoms with Crippen LogP contribution >= 0.6 is 0 Å². The molecule has 0 fully saturated rings. The van der Waals surface area contributed by atoms with E-state index in [1.54, 1.807) is 48.5 Å². The van der Waals surface area contributed by atoms with Gasteiger partial charge < -0.3 is 20.7 Å². The van der Waals surface area contributed by atoms with Gasteiger partial charge in [0.1, 0.15) is 0 Å². The molecule has 0 aliphatic carbocycles. The Morgan fingerprint density at radius 1 is 1.00 bits per heavy atom. The van der Waals surface area contributed by atoms with Gasteiger partial charge in [0.2, 0.25) is 5.52 Å². The van der Waals surface area contributed by atoms with Crippen molar-refractivity contribution in [3.05, 3.63) is 81.9 Å². The molecule has 0 aliphatic heterocycles. The monoisotopic (exact) mass is 433 g/mol. The number of non-ortho nitro benzene ring substituents is 1. The first-order chi connectivity index (χ1) is 15.4. The Morgan fingerprint density at radius 3 is 2.34 bits per heavy atom. The Balaban J connectivity index is 1.41. The van der Waals surface area contributed by atoms with Gasteiger partial charge in [-0.15, -0.1) is 0 Å². The minimum atomic E-state index is -1.53. The number of nitrogens with zero attached hydrogens (tertiary/aromatic N) is 3. The van der Waals surface area contributed by atoms with E-state index in [9.17, 15) is 14.9 Å². The normalized spacial score (nSPS) is 10.7. The summed E-state index contributed by atoms with van der Waals surface area (Å²) in [5, 5.41) is 42.5. The highest BCUT2D eigenvalue weighted by Crippen LogP contribution is 2.30. The van der Waals surface area contributed by atoms with Gasteiger partial charge in [-0.2, -0.15) is 0 Å². The summed E-state index contributed by atoms with van der Waals surface area (Å²) >= 11 is 0. The van der Waals surface area contributed by atoms with E-state index in [0.717, 1.165) is 5.56 Å².